The maximum absolute atomic E-state index is 11.6. The highest BCUT2D eigenvalue weighted by molar-refractivity contribution is 14.0. The highest BCUT2D eigenvalue weighted by Gasteiger charge is 2.27. The molecule has 9 heteroatoms. The number of carbonyl (C=O) groups excluding carboxylic acids is 2. The zero-order chi connectivity index (χ0) is 16.4. The van der Waals surface area contributed by atoms with Crippen molar-refractivity contribution in [3.8, 4) is 0 Å². The van der Waals surface area contributed by atoms with E-state index in [9.17, 15) is 9.59 Å². The summed E-state index contributed by atoms with van der Waals surface area (Å²) in [5, 5.41) is 5.77. The SMILES string of the molecule is CN=C(NCC(=O)NCCOC)N1CCC(C(=O)OC)CC1.I. The number of esters is 1. The van der Waals surface area contributed by atoms with Crippen LogP contribution in [0.1, 0.15) is 12.8 Å². The Morgan fingerprint density at radius 3 is 2.39 bits per heavy atom. The number of methoxy groups -OCH3 is 2. The standard InChI is InChI=1S/C14H26N4O4.HI/c1-15-14(17-10-12(19)16-6-9-21-2)18-7-4-11(5-8-18)13(20)22-3;/h11H,4-10H2,1-3H3,(H,15,17)(H,16,19);1H. The van der Waals surface area contributed by atoms with Crippen molar-refractivity contribution < 1.29 is 19.1 Å². The van der Waals surface area contributed by atoms with E-state index in [1.165, 1.54) is 7.11 Å². The van der Waals surface area contributed by atoms with Gasteiger partial charge in [0.15, 0.2) is 5.96 Å². The van der Waals surface area contributed by atoms with E-state index in [4.69, 9.17) is 9.47 Å². The van der Waals surface area contributed by atoms with Crippen molar-refractivity contribution in [1.82, 2.24) is 15.5 Å². The average molecular weight is 442 g/mol. The predicted octanol–water partition coefficient (Wildman–Crippen LogP) is -0.173. The van der Waals surface area contributed by atoms with Gasteiger partial charge in [0, 0.05) is 33.8 Å². The summed E-state index contributed by atoms with van der Waals surface area (Å²) in [6.45, 7) is 2.56. The lowest BCUT2D eigenvalue weighted by atomic mass is 9.97. The number of nitrogens with one attached hydrogen (secondary N) is 2. The summed E-state index contributed by atoms with van der Waals surface area (Å²) in [6, 6.07) is 0. The molecule has 1 saturated heterocycles. The van der Waals surface area contributed by atoms with Crippen LogP contribution >= 0.6 is 24.0 Å². The summed E-state index contributed by atoms with van der Waals surface area (Å²) in [5.41, 5.74) is 0. The molecular formula is C14H27IN4O4. The highest BCUT2D eigenvalue weighted by Crippen LogP contribution is 2.18. The van der Waals surface area contributed by atoms with E-state index in [1.807, 2.05) is 4.90 Å². The van der Waals surface area contributed by atoms with Gasteiger partial charge in [-0.05, 0) is 12.8 Å². The molecule has 1 amide bonds. The third-order valence-corrected chi connectivity index (χ3v) is 3.58. The normalized spacial score (nSPS) is 15.6. The van der Waals surface area contributed by atoms with E-state index >= 15 is 0 Å². The molecule has 23 heavy (non-hydrogen) atoms. The molecule has 0 aliphatic carbocycles. The summed E-state index contributed by atoms with van der Waals surface area (Å²) in [4.78, 5) is 29.4. The number of amides is 1. The van der Waals surface area contributed by atoms with Crippen LogP contribution in [-0.2, 0) is 19.1 Å². The minimum atomic E-state index is -0.153. The molecule has 1 fully saturated rings. The third-order valence-electron chi connectivity index (χ3n) is 3.58. The topological polar surface area (TPSA) is 92.3 Å². The Morgan fingerprint density at radius 1 is 1.22 bits per heavy atom. The van der Waals surface area contributed by atoms with Gasteiger partial charge in [-0.3, -0.25) is 14.6 Å². The number of hydrogen-bond acceptors (Lipinski definition) is 5. The Hall–Kier alpha value is -1.10. The molecule has 1 rings (SSSR count). The molecule has 0 radical (unpaired) electrons. The second-order valence-corrected chi connectivity index (χ2v) is 5.03. The molecule has 0 saturated carbocycles. The largest absolute Gasteiger partial charge is 0.469 e. The van der Waals surface area contributed by atoms with Gasteiger partial charge >= 0.3 is 5.97 Å². The van der Waals surface area contributed by atoms with Crippen LogP contribution in [0.25, 0.3) is 0 Å². The fourth-order valence-corrected chi connectivity index (χ4v) is 2.34. The van der Waals surface area contributed by atoms with Crippen LogP contribution in [0.3, 0.4) is 0 Å². The zero-order valence-electron chi connectivity index (χ0n) is 14.0. The highest BCUT2D eigenvalue weighted by atomic mass is 127. The van der Waals surface area contributed by atoms with Crippen molar-refractivity contribution in [3.63, 3.8) is 0 Å². The number of halogens is 1. The predicted molar refractivity (Wildman–Crippen MR) is 98.0 cm³/mol. The molecule has 0 aromatic heterocycles. The van der Waals surface area contributed by atoms with Gasteiger partial charge in [-0.2, -0.15) is 0 Å². The zero-order valence-corrected chi connectivity index (χ0v) is 16.3. The van der Waals surface area contributed by atoms with Gasteiger partial charge in [-0.25, -0.2) is 0 Å². The van der Waals surface area contributed by atoms with Gasteiger partial charge in [0.2, 0.25) is 5.91 Å². The number of rotatable bonds is 6. The minimum Gasteiger partial charge on any atom is -0.469 e. The van der Waals surface area contributed by atoms with E-state index in [0.29, 0.717) is 32.2 Å². The van der Waals surface area contributed by atoms with Crippen LogP contribution < -0.4 is 10.6 Å². The Labute approximate surface area is 154 Å². The lowest BCUT2D eigenvalue weighted by Gasteiger charge is -2.33. The van der Waals surface area contributed by atoms with Gasteiger partial charge in [-0.1, -0.05) is 0 Å². The summed E-state index contributed by atoms with van der Waals surface area (Å²) in [6.07, 6.45) is 1.46. The van der Waals surface area contributed by atoms with Crippen LogP contribution in [0.2, 0.25) is 0 Å². The molecule has 1 aliphatic rings. The number of piperidine rings is 1. The molecule has 1 aliphatic heterocycles. The van der Waals surface area contributed by atoms with Crippen LogP contribution in [0, 0.1) is 5.92 Å². The number of carbonyl (C=O) groups is 2. The third kappa shape index (κ3) is 7.82. The number of hydrogen-bond donors (Lipinski definition) is 2. The van der Waals surface area contributed by atoms with E-state index in [1.54, 1.807) is 14.2 Å². The smallest absolute Gasteiger partial charge is 0.308 e. The second-order valence-electron chi connectivity index (χ2n) is 5.03. The lowest BCUT2D eigenvalue weighted by molar-refractivity contribution is -0.146. The molecule has 8 nitrogen and oxygen atoms in total. The molecule has 0 unspecified atom stereocenters. The van der Waals surface area contributed by atoms with Crippen LogP contribution in [0.5, 0.6) is 0 Å². The first kappa shape index (κ1) is 21.9. The van der Waals surface area contributed by atoms with Crippen LogP contribution in [0.15, 0.2) is 4.99 Å². The minimum absolute atomic E-state index is 0. The number of aliphatic imine (C=N–C) groups is 1. The maximum Gasteiger partial charge on any atom is 0.308 e. The number of likely N-dealkylation sites (tertiary alicyclic amines) is 1. The van der Waals surface area contributed by atoms with Gasteiger partial charge in [0.25, 0.3) is 0 Å². The lowest BCUT2D eigenvalue weighted by Crippen LogP contribution is -2.49. The maximum atomic E-state index is 11.6. The molecule has 0 atom stereocenters. The summed E-state index contributed by atoms with van der Waals surface area (Å²) in [7, 11) is 4.68. The van der Waals surface area contributed by atoms with Crippen molar-refractivity contribution in [3.05, 3.63) is 0 Å². The number of ether oxygens (including phenoxy) is 2. The van der Waals surface area contributed by atoms with Crippen LogP contribution in [0.4, 0.5) is 0 Å². The van der Waals surface area contributed by atoms with Crippen molar-refractivity contribution in [1.29, 1.82) is 0 Å². The van der Waals surface area contributed by atoms with Gasteiger partial charge in [0.1, 0.15) is 0 Å². The Bertz CT molecular complexity index is 398. The Balaban J connectivity index is 0.00000484. The first-order chi connectivity index (χ1) is 10.6. The average Bonchev–Trinajstić information content (AvgIpc) is 2.55. The first-order valence-corrected chi connectivity index (χ1v) is 7.41. The molecule has 1 heterocycles. The van der Waals surface area contributed by atoms with Gasteiger partial charge in [0.05, 0.1) is 26.2 Å². The van der Waals surface area contributed by atoms with Gasteiger partial charge < -0.3 is 25.0 Å². The molecule has 134 valence electrons. The fraction of sp³-hybridized carbons (Fsp3) is 0.786. The fourth-order valence-electron chi connectivity index (χ4n) is 2.34. The van der Waals surface area contributed by atoms with Crippen molar-refractivity contribution in [2.75, 3.05) is 54.1 Å². The molecule has 2 N–H and O–H groups in total. The summed E-state index contributed by atoms with van der Waals surface area (Å²) >= 11 is 0. The molecule has 0 bridgehead atoms. The Morgan fingerprint density at radius 2 is 1.87 bits per heavy atom. The Kier molecular flexibility index (Phi) is 11.7. The second kappa shape index (κ2) is 12.3. The summed E-state index contributed by atoms with van der Waals surface area (Å²) in [5.74, 6) is 0.365. The quantitative estimate of drug-likeness (QED) is 0.195. The molecular weight excluding hydrogens is 415 g/mol. The monoisotopic (exact) mass is 442 g/mol. The number of guanidine groups is 1. The van der Waals surface area contributed by atoms with E-state index in [0.717, 1.165) is 12.8 Å². The van der Waals surface area contributed by atoms with E-state index < -0.39 is 0 Å². The molecule has 0 spiro atoms. The van der Waals surface area contributed by atoms with Crippen LogP contribution in [-0.4, -0.2) is 76.8 Å². The van der Waals surface area contributed by atoms with E-state index in [-0.39, 0.29) is 48.3 Å². The van der Waals surface area contributed by atoms with Crippen molar-refractivity contribution in [2.45, 2.75) is 12.8 Å². The number of nitrogens with zero attached hydrogens (tertiary/aromatic N) is 2. The van der Waals surface area contributed by atoms with Crippen molar-refractivity contribution in [2.24, 2.45) is 10.9 Å². The summed E-state index contributed by atoms with van der Waals surface area (Å²) < 4.78 is 9.64. The first-order valence-electron chi connectivity index (χ1n) is 7.41. The molecule has 0 aromatic rings. The van der Waals surface area contributed by atoms with Gasteiger partial charge in [-0.15, -0.1) is 24.0 Å². The molecule has 0 aromatic carbocycles. The van der Waals surface area contributed by atoms with Crippen molar-refractivity contribution >= 4 is 41.8 Å². The van der Waals surface area contributed by atoms with E-state index in [2.05, 4.69) is 15.6 Å².